The number of H-pyrrole nitrogens is 1. The Labute approximate surface area is 205 Å². The number of rotatable bonds is 4. The lowest BCUT2D eigenvalue weighted by molar-refractivity contribution is 0.0865. The molecule has 2 aliphatic rings. The number of nitrogens with one attached hydrogen (secondary N) is 3. The molecule has 0 saturated carbocycles. The molecule has 1 fully saturated rings. The molecule has 2 aliphatic heterocycles. The van der Waals surface area contributed by atoms with E-state index < -0.39 is 17.3 Å². The maximum Gasteiger partial charge on any atom is 0.407 e. The van der Waals surface area contributed by atoms with Crippen molar-refractivity contribution in [3.63, 3.8) is 0 Å². The van der Waals surface area contributed by atoms with Crippen LogP contribution in [-0.2, 0) is 5.41 Å². The second-order valence-electron chi connectivity index (χ2n) is 8.66. The Morgan fingerprint density at radius 1 is 1.31 bits per heavy atom. The van der Waals surface area contributed by atoms with Crippen LogP contribution in [0.15, 0.2) is 36.7 Å². The minimum Gasteiger partial charge on any atom is -0.493 e. The van der Waals surface area contributed by atoms with Crippen LogP contribution in [0, 0.1) is 5.82 Å². The number of anilines is 2. The van der Waals surface area contributed by atoms with Gasteiger partial charge in [0.25, 0.3) is 5.91 Å². The van der Waals surface area contributed by atoms with E-state index in [1.165, 1.54) is 24.3 Å². The molecular formula is C24H23ClFN5O4. The number of benzene rings is 1. The highest BCUT2D eigenvalue weighted by molar-refractivity contribution is 6.32. The number of likely N-dealkylation sites (tertiary alicyclic amines) is 1. The fraction of sp³-hybridized carbons (Fsp3) is 0.292. The third-order valence-corrected chi connectivity index (χ3v) is 7.11. The van der Waals surface area contributed by atoms with Crippen molar-refractivity contribution in [2.75, 3.05) is 32.1 Å². The van der Waals surface area contributed by atoms with Gasteiger partial charge in [0.2, 0.25) is 0 Å². The number of pyridine rings is 1. The molecule has 11 heteroatoms. The van der Waals surface area contributed by atoms with E-state index in [1.54, 1.807) is 18.2 Å². The Morgan fingerprint density at radius 3 is 2.77 bits per heavy atom. The predicted molar refractivity (Wildman–Crippen MR) is 128 cm³/mol. The van der Waals surface area contributed by atoms with Gasteiger partial charge in [-0.05, 0) is 31.0 Å². The van der Waals surface area contributed by atoms with Crippen LogP contribution < -0.4 is 15.4 Å². The first-order valence-corrected chi connectivity index (χ1v) is 11.4. The van der Waals surface area contributed by atoms with Crippen LogP contribution in [0.1, 0.15) is 28.9 Å². The van der Waals surface area contributed by atoms with Gasteiger partial charge in [-0.25, -0.2) is 9.18 Å². The standard InChI is InChI=1S/C24H23ClFN5O4/c1-35-20-14(25)3-2-4-16(20)29-19-17-21(30-18(19)13-5-8-27-11-15(13)26)24(12-28-22(17)32)6-9-31(10-7-24)23(33)34/h2-5,8,11,29-30H,6-7,9-10,12H2,1H3,(H,28,32)(H,33,34). The van der Waals surface area contributed by atoms with Gasteiger partial charge in [0.05, 0.1) is 41.0 Å². The summed E-state index contributed by atoms with van der Waals surface area (Å²) in [5.41, 5.74) is 1.99. The largest absolute Gasteiger partial charge is 0.493 e. The highest BCUT2D eigenvalue weighted by atomic mass is 35.5. The normalized spacial score (nSPS) is 16.5. The monoisotopic (exact) mass is 499 g/mol. The topological polar surface area (TPSA) is 120 Å². The molecule has 5 rings (SSSR count). The number of aromatic amines is 1. The lowest BCUT2D eigenvalue weighted by Crippen LogP contribution is -2.53. The molecule has 3 aromatic rings. The van der Waals surface area contributed by atoms with Crippen molar-refractivity contribution in [3.05, 3.63) is 58.8 Å². The zero-order valence-electron chi connectivity index (χ0n) is 18.8. The number of hydrogen-bond acceptors (Lipinski definition) is 5. The van der Waals surface area contributed by atoms with Gasteiger partial charge in [-0.3, -0.25) is 9.78 Å². The van der Waals surface area contributed by atoms with Crippen molar-refractivity contribution in [2.45, 2.75) is 18.3 Å². The number of carbonyl (C=O) groups is 2. The van der Waals surface area contributed by atoms with E-state index in [0.29, 0.717) is 71.6 Å². The fourth-order valence-corrected chi connectivity index (χ4v) is 5.21. The number of para-hydroxylation sites is 1. The van der Waals surface area contributed by atoms with Gasteiger partial charge >= 0.3 is 6.09 Å². The summed E-state index contributed by atoms with van der Waals surface area (Å²) < 4.78 is 20.4. The van der Waals surface area contributed by atoms with Gasteiger partial charge in [0, 0.05) is 42.5 Å². The lowest BCUT2D eigenvalue weighted by Gasteiger charge is -2.43. The zero-order valence-corrected chi connectivity index (χ0v) is 19.6. The first-order chi connectivity index (χ1) is 16.8. The van der Waals surface area contributed by atoms with Crippen molar-refractivity contribution < 1.29 is 23.8 Å². The number of ether oxygens (including phenoxy) is 1. The summed E-state index contributed by atoms with van der Waals surface area (Å²) >= 11 is 6.31. The third-order valence-electron chi connectivity index (χ3n) is 6.81. The van der Waals surface area contributed by atoms with Gasteiger partial charge in [-0.1, -0.05) is 17.7 Å². The Hall–Kier alpha value is -3.79. The van der Waals surface area contributed by atoms with Crippen LogP contribution in [0.2, 0.25) is 5.02 Å². The number of hydrogen-bond donors (Lipinski definition) is 4. The molecule has 2 aromatic heterocycles. The van der Waals surface area contributed by atoms with Crippen molar-refractivity contribution in [1.29, 1.82) is 0 Å². The first-order valence-electron chi connectivity index (χ1n) is 11.1. The Bertz CT molecular complexity index is 1320. The number of piperidine rings is 1. The summed E-state index contributed by atoms with van der Waals surface area (Å²) in [6, 6.07) is 6.70. The van der Waals surface area contributed by atoms with E-state index in [-0.39, 0.29) is 11.5 Å². The molecule has 0 unspecified atom stereocenters. The molecule has 35 heavy (non-hydrogen) atoms. The van der Waals surface area contributed by atoms with E-state index in [1.807, 2.05) is 0 Å². The van der Waals surface area contributed by atoms with E-state index in [4.69, 9.17) is 16.3 Å². The van der Waals surface area contributed by atoms with Gasteiger partial charge < -0.3 is 30.4 Å². The molecule has 4 N–H and O–H groups in total. The van der Waals surface area contributed by atoms with Crippen LogP contribution in [0.3, 0.4) is 0 Å². The summed E-state index contributed by atoms with van der Waals surface area (Å²) in [7, 11) is 1.49. The van der Waals surface area contributed by atoms with Crippen LogP contribution in [0.25, 0.3) is 11.3 Å². The number of carbonyl (C=O) groups excluding carboxylic acids is 1. The maximum absolute atomic E-state index is 14.9. The number of aromatic nitrogens is 2. The maximum atomic E-state index is 14.9. The summed E-state index contributed by atoms with van der Waals surface area (Å²) in [6.45, 7) is 1.01. The van der Waals surface area contributed by atoms with E-state index in [0.717, 1.165) is 6.20 Å². The Morgan fingerprint density at radius 2 is 2.09 bits per heavy atom. The van der Waals surface area contributed by atoms with Gasteiger partial charge in [0.1, 0.15) is 0 Å². The minimum absolute atomic E-state index is 0.240. The molecule has 0 aliphatic carbocycles. The molecule has 0 radical (unpaired) electrons. The summed E-state index contributed by atoms with van der Waals surface area (Å²) in [5.74, 6) is -0.486. The fourth-order valence-electron chi connectivity index (χ4n) is 4.96. The van der Waals surface area contributed by atoms with Crippen LogP contribution in [0.4, 0.5) is 20.6 Å². The summed E-state index contributed by atoms with van der Waals surface area (Å²) in [5, 5.41) is 16.0. The molecule has 2 amide bonds. The van der Waals surface area contributed by atoms with Gasteiger partial charge in [0.15, 0.2) is 11.6 Å². The summed E-state index contributed by atoms with van der Waals surface area (Å²) in [6.07, 6.45) is 2.63. The van der Waals surface area contributed by atoms with E-state index in [2.05, 4.69) is 20.6 Å². The number of carboxylic acid groups (broad SMARTS) is 1. The molecule has 9 nitrogen and oxygen atoms in total. The molecule has 4 heterocycles. The molecule has 1 spiro atoms. The molecule has 182 valence electrons. The van der Waals surface area contributed by atoms with Gasteiger partial charge in [-0.15, -0.1) is 0 Å². The highest BCUT2D eigenvalue weighted by Gasteiger charge is 2.46. The molecule has 0 bridgehead atoms. The average Bonchev–Trinajstić information content (AvgIpc) is 3.23. The molecule has 1 aromatic carbocycles. The van der Waals surface area contributed by atoms with E-state index >= 15 is 0 Å². The van der Waals surface area contributed by atoms with Crippen molar-refractivity contribution >= 4 is 35.0 Å². The number of methoxy groups -OCH3 is 1. The quantitative estimate of drug-likeness (QED) is 0.423. The lowest BCUT2D eigenvalue weighted by atomic mass is 9.72. The van der Waals surface area contributed by atoms with Crippen molar-refractivity contribution in [2.24, 2.45) is 0 Å². The van der Waals surface area contributed by atoms with Gasteiger partial charge in [-0.2, -0.15) is 0 Å². The SMILES string of the molecule is COc1c(Cl)cccc1Nc1c(-c2ccncc2F)[nH]c2c1C(=O)NCC21CCN(C(=O)O)CC1. The number of fused-ring (bicyclic) bond motifs is 2. The van der Waals surface area contributed by atoms with Crippen molar-refractivity contribution in [1.82, 2.24) is 20.2 Å². The number of amides is 2. The number of nitrogens with zero attached hydrogens (tertiary/aromatic N) is 2. The van der Waals surface area contributed by atoms with Crippen LogP contribution in [-0.4, -0.2) is 58.7 Å². The van der Waals surface area contributed by atoms with Crippen LogP contribution >= 0.6 is 11.6 Å². The van der Waals surface area contributed by atoms with Crippen molar-refractivity contribution in [3.8, 4) is 17.0 Å². The predicted octanol–water partition coefficient (Wildman–Crippen LogP) is 4.38. The van der Waals surface area contributed by atoms with Crippen LogP contribution in [0.5, 0.6) is 5.75 Å². The second kappa shape index (κ2) is 8.77. The molecule has 0 atom stereocenters. The van der Waals surface area contributed by atoms with E-state index in [9.17, 15) is 19.1 Å². The smallest absolute Gasteiger partial charge is 0.407 e. The average molecular weight is 500 g/mol. The zero-order chi connectivity index (χ0) is 24.7. The Balaban J connectivity index is 1.69. The summed E-state index contributed by atoms with van der Waals surface area (Å²) in [4.78, 5) is 33.2. The molecular weight excluding hydrogens is 477 g/mol. The minimum atomic E-state index is -0.971. The Kier molecular flexibility index (Phi) is 5.76. The highest BCUT2D eigenvalue weighted by Crippen LogP contribution is 2.47. The second-order valence-corrected chi connectivity index (χ2v) is 9.07. The third kappa shape index (κ3) is 3.83. The molecule has 1 saturated heterocycles. The first kappa shape index (κ1) is 23.0. The number of halogens is 2.